The van der Waals surface area contributed by atoms with E-state index in [0.29, 0.717) is 0 Å². The van der Waals surface area contributed by atoms with Gasteiger partial charge in [0.05, 0.1) is 6.04 Å². The van der Waals surface area contributed by atoms with Gasteiger partial charge in [0, 0.05) is 12.6 Å². The molecule has 1 saturated heterocycles. The van der Waals surface area contributed by atoms with Crippen LogP contribution in [0.3, 0.4) is 0 Å². The average Bonchev–Trinajstić information content (AvgIpc) is 3.20. The molecule has 2 atom stereocenters. The molecule has 22 heavy (non-hydrogen) atoms. The van der Waals surface area contributed by atoms with Crippen molar-refractivity contribution >= 4 is 11.8 Å². The summed E-state index contributed by atoms with van der Waals surface area (Å²) in [6, 6.07) is 7.43. The van der Waals surface area contributed by atoms with Gasteiger partial charge in [0.15, 0.2) is 6.10 Å². The summed E-state index contributed by atoms with van der Waals surface area (Å²) in [7, 11) is 1.74. The normalized spacial score (nSPS) is 26.7. The summed E-state index contributed by atoms with van der Waals surface area (Å²) in [6.45, 7) is 3.97. The second-order valence-electron chi connectivity index (χ2n) is 6.59. The second-order valence-corrected chi connectivity index (χ2v) is 6.59. The van der Waals surface area contributed by atoms with Crippen molar-refractivity contribution in [3.8, 4) is 0 Å². The van der Waals surface area contributed by atoms with Crippen LogP contribution in [0.5, 0.6) is 0 Å². The Morgan fingerprint density at radius 1 is 1.36 bits per heavy atom. The van der Waals surface area contributed by atoms with E-state index in [1.165, 1.54) is 0 Å². The molecule has 2 fully saturated rings. The van der Waals surface area contributed by atoms with Crippen molar-refractivity contribution in [3.63, 3.8) is 0 Å². The molecule has 1 aliphatic heterocycles. The fraction of sp³-hybridized carbons (Fsp3) is 0.529. The predicted molar refractivity (Wildman–Crippen MR) is 82.2 cm³/mol. The van der Waals surface area contributed by atoms with Crippen molar-refractivity contribution < 1.29 is 14.3 Å². The molecule has 0 bridgehead atoms. The Balaban J connectivity index is 1.91. The maximum Gasteiger partial charge on any atom is 0.252 e. The van der Waals surface area contributed by atoms with Crippen molar-refractivity contribution in [2.24, 2.45) is 0 Å². The van der Waals surface area contributed by atoms with Gasteiger partial charge < -0.3 is 15.0 Å². The fourth-order valence-electron chi connectivity index (χ4n) is 2.90. The zero-order valence-corrected chi connectivity index (χ0v) is 13.3. The molecule has 1 aliphatic carbocycles. The van der Waals surface area contributed by atoms with E-state index in [1.807, 2.05) is 38.1 Å². The molecule has 1 heterocycles. The summed E-state index contributed by atoms with van der Waals surface area (Å²) >= 11 is 0. The summed E-state index contributed by atoms with van der Waals surface area (Å²) in [4.78, 5) is 26.3. The zero-order chi connectivity index (χ0) is 15.9. The number of benzene rings is 1. The van der Waals surface area contributed by atoms with Gasteiger partial charge in [-0.15, -0.1) is 0 Å². The minimum absolute atomic E-state index is 0.0479. The highest BCUT2D eigenvalue weighted by atomic mass is 16.5. The van der Waals surface area contributed by atoms with Crippen LogP contribution in [-0.4, -0.2) is 42.0 Å². The largest absolute Gasteiger partial charge is 0.356 e. The fourth-order valence-corrected chi connectivity index (χ4v) is 2.90. The number of carbonyl (C=O) groups excluding carboxylic acids is 2. The van der Waals surface area contributed by atoms with Crippen molar-refractivity contribution in [2.75, 3.05) is 13.7 Å². The average molecular weight is 302 g/mol. The molecule has 2 aliphatic rings. The van der Waals surface area contributed by atoms with E-state index in [1.54, 1.807) is 11.9 Å². The Morgan fingerprint density at radius 3 is 2.68 bits per heavy atom. The van der Waals surface area contributed by atoms with E-state index in [-0.39, 0.29) is 30.0 Å². The Hall–Kier alpha value is -1.88. The van der Waals surface area contributed by atoms with Gasteiger partial charge in [-0.1, -0.05) is 24.3 Å². The van der Waals surface area contributed by atoms with Crippen LogP contribution in [0, 0.1) is 6.92 Å². The van der Waals surface area contributed by atoms with Crippen molar-refractivity contribution in [1.82, 2.24) is 10.2 Å². The molecule has 5 nitrogen and oxygen atoms in total. The van der Waals surface area contributed by atoms with Crippen molar-refractivity contribution in [2.45, 2.75) is 44.4 Å². The first-order chi connectivity index (χ1) is 10.4. The van der Waals surface area contributed by atoms with Crippen LogP contribution < -0.4 is 5.32 Å². The lowest BCUT2D eigenvalue weighted by atomic mass is 9.94. The van der Waals surface area contributed by atoms with E-state index in [4.69, 9.17) is 4.74 Å². The smallest absolute Gasteiger partial charge is 0.252 e. The summed E-state index contributed by atoms with van der Waals surface area (Å²) in [6.07, 6.45) is 1.33. The molecule has 0 radical (unpaired) electrons. The lowest BCUT2D eigenvalue weighted by Gasteiger charge is -2.39. The number of hydrogen-bond acceptors (Lipinski definition) is 3. The Morgan fingerprint density at radius 2 is 2.05 bits per heavy atom. The molecular formula is C17H22N2O3. The first-order valence-corrected chi connectivity index (χ1v) is 7.66. The SMILES string of the molecule is Cc1ccccc1[C@@H]1[C@@H](C(=O)NC2(C)CC2)OCC(=O)N1C. The maximum absolute atomic E-state index is 12.6. The van der Waals surface area contributed by atoms with Crippen molar-refractivity contribution in [3.05, 3.63) is 35.4 Å². The first-order valence-electron chi connectivity index (χ1n) is 7.66. The van der Waals surface area contributed by atoms with Crippen LogP contribution in [0.25, 0.3) is 0 Å². The molecule has 5 heteroatoms. The highest BCUT2D eigenvalue weighted by Crippen LogP contribution is 2.36. The highest BCUT2D eigenvalue weighted by Gasteiger charge is 2.45. The lowest BCUT2D eigenvalue weighted by molar-refractivity contribution is -0.162. The van der Waals surface area contributed by atoms with Crippen LogP contribution in [0.4, 0.5) is 0 Å². The number of amides is 2. The number of rotatable bonds is 3. The van der Waals surface area contributed by atoms with Gasteiger partial charge in [-0.2, -0.15) is 0 Å². The molecule has 1 aromatic rings. The van der Waals surface area contributed by atoms with Crippen LogP contribution in [-0.2, 0) is 14.3 Å². The van der Waals surface area contributed by atoms with Gasteiger partial charge in [-0.25, -0.2) is 0 Å². The third-order valence-corrected chi connectivity index (χ3v) is 4.67. The molecule has 3 rings (SSSR count). The van der Waals surface area contributed by atoms with Gasteiger partial charge in [0.25, 0.3) is 5.91 Å². The van der Waals surface area contributed by atoms with Crippen LogP contribution in [0.1, 0.15) is 36.9 Å². The standard InChI is InChI=1S/C17H22N2O3/c1-11-6-4-5-7-12(11)14-15(22-10-13(20)19(14)3)16(21)18-17(2)8-9-17/h4-7,14-15H,8-10H2,1-3H3,(H,18,21)/t14-,15+/m1/s1. The number of hydrogen-bond donors (Lipinski definition) is 1. The molecule has 1 aromatic carbocycles. The minimum Gasteiger partial charge on any atom is -0.356 e. The number of aryl methyl sites for hydroxylation is 1. The third-order valence-electron chi connectivity index (χ3n) is 4.67. The molecule has 0 spiro atoms. The topological polar surface area (TPSA) is 58.6 Å². The quantitative estimate of drug-likeness (QED) is 0.922. The van der Waals surface area contributed by atoms with Gasteiger partial charge >= 0.3 is 0 Å². The summed E-state index contributed by atoms with van der Waals surface area (Å²) in [5, 5.41) is 3.05. The molecule has 0 aromatic heterocycles. The van der Waals surface area contributed by atoms with Crippen molar-refractivity contribution in [1.29, 1.82) is 0 Å². The molecule has 1 N–H and O–H groups in total. The van der Waals surface area contributed by atoms with E-state index in [2.05, 4.69) is 5.32 Å². The number of likely N-dealkylation sites (N-methyl/N-ethyl adjacent to an activating group) is 1. The number of morpholine rings is 1. The van der Waals surface area contributed by atoms with Gasteiger partial charge in [0.1, 0.15) is 6.61 Å². The lowest BCUT2D eigenvalue weighted by Crippen LogP contribution is -2.54. The Kier molecular flexibility index (Phi) is 3.68. The van der Waals surface area contributed by atoms with Gasteiger partial charge in [-0.05, 0) is 37.8 Å². The third kappa shape index (κ3) is 2.73. The molecular weight excluding hydrogens is 280 g/mol. The van der Waals surface area contributed by atoms with E-state index in [0.717, 1.165) is 24.0 Å². The van der Waals surface area contributed by atoms with Crippen LogP contribution >= 0.6 is 0 Å². The van der Waals surface area contributed by atoms with Crippen LogP contribution in [0.15, 0.2) is 24.3 Å². The number of nitrogens with zero attached hydrogens (tertiary/aromatic N) is 1. The monoisotopic (exact) mass is 302 g/mol. The Bertz CT molecular complexity index is 610. The zero-order valence-electron chi connectivity index (χ0n) is 13.3. The van der Waals surface area contributed by atoms with Crippen LogP contribution in [0.2, 0.25) is 0 Å². The summed E-state index contributed by atoms with van der Waals surface area (Å²) in [5.74, 6) is -0.234. The number of ether oxygens (including phenoxy) is 1. The molecule has 118 valence electrons. The van der Waals surface area contributed by atoms with Gasteiger partial charge in [-0.3, -0.25) is 9.59 Å². The minimum atomic E-state index is -0.666. The maximum atomic E-state index is 12.6. The summed E-state index contributed by atoms with van der Waals surface area (Å²) in [5.41, 5.74) is 1.91. The van der Waals surface area contributed by atoms with Gasteiger partial charge in [0.2, 0.25) is 5.91 Å². The highest BCUT2D eigenvalue weighted by molar-refractivity contribution is 5.87. The Labute approximate surface area is 130 Å². The number of carbonyl (C=O) groups is 2. The van der Waals surface area contributed by atoms with E-state index in [9.17, 15) is 9.59 Å². The summed E-state index contributed by atoms with van der Waals surface area (Å²) < 4.78 is 5.61. The number of nitrogens with one attached hydrogen (secondary N) is 1. The predicted octanol–water partition coefficient (Wildman–Crippen LogP) is 1.56. The molecule has 0 unspecified atom stereocenters. The first kappa shape index (κ1) is 15.0. The second kappa shape index (κ2) is 5.39. The van der Waals surface area contributed by atoms with E-state index < -0.39 is 6.10 Å². The van der Waals surface area contributed by atoms with E-state index >= 15 is 0 Å². The molecule has 2 amide bonds. The molecule has 1 saturated carbocycles.